The van der Waals surface area contributed by atoms with Crippen molar-refractivity contribution in [2.75, 3.05) is 11.5 Å². The average Bonchev–Trinajstić information content (AvgIpc) is 3.18. The number of pyridine rings is 1. The summed E-state index contributed by atoms with van der Waals surface area (Å²) in [6, 6.07) is 14.0. The summed E-state index contributed by atoms with van der Waals surface area (Å²) in [6.07, 6.45) is 2.79. The first-order valence-corrected chi connectivity index (χ1v) is 12.9. The number of ether oxygens (including phenoxy) is 2. The lowest BCUT2D eigenvalue weighted by atomic mass is 9.93. The lowest BCUT2D eigenvalue weighted by Crippen LogP contribution is -2.29. The summed E-state index contributed by atoms with van der Waals surface area (Å²) in [6.45, 7) is 9.89. The second kappa shape index (κ2) is 11.5. The Morgan fingerprint density at radius 1 is 1.00 bits per heavy atom. The number of hydrogen-bond acceptors (Lipinski definition) is 7. The fourth-order valence-corrected chi connectivity index (χ4v) is 4.61. The highest BCUT2D eigenvalue weighted by Crippen LogP contribution is 2.43. The van der Waals surface area contributed by atoms with E-state index in [-0.39, 0.29) is 28.9 Å². The minimum absolute atomic E-state index is 0.0553. The third kappa shape index (κ3) is 5.55. The summed E-state index contributed by atoms with van der Waals surface area (Å²) in [4.78, 5) is 44.9. The van der Waals surface area contributed by atoms with E-state index in [1.807, 2.05) is 20.8 Å². The summed E-state index contributed by atoms with van der Waals surface area (Å²) in [5.74, 6) is -1.70. The number of amides is 1. The highest BCUT2D eigenvalue weighted by Gasteiger charge is 2.47. The normalized spacial score (nSPS) is 16.7. The number of carbonyl (C=O) groups is 3. The summed E-state index contributed by atoms with van der Waals surface area (Å²) < 4.78 is 11.1. The standard InChI is InChI=1S/C31H32N2O6/c1-6-38-25-11-10-21(17-24(25)18(2)3)28(34)26-27(20-12-14-32-15-13-20)33(30(36)29(26)35)23-9-7-8-22(16-23)31(37)39-19(4)5/h7-19,27,34H,6H2,1-5H3/b28-26-. The van der Waals surface area contributed by atoms with Crippen molar-refractivity contribution in [1.29, 1.82) is 0 Å². The number of esters is 1. The number of nitrogens with zero attached hydrogens (tertiary/aromatic N) is 2. The van der Waals surface area contributed by atoms with Crippen molar-refractivity contribution in [3.8, 4) is 5.75 Å². The van der Waals surface area contributed by atoms with E-state index in [0.29, 0.717) is 29.2 Å². The number of ketones is 1. The van der Waals surface area contributed by atoms with Crippen LogP contribution in [-0.2, 0) is 14.3 Å². The Labute approximate surface area is 227 Å². The van der Waals surface area contributed by atoms with Gasteiger partial charge >= 0.3 is 5.97 Å². The molecule has 8 nitrogen and oxygen atoms in total. The molecule has 2 aromatic carbocycles. The smallest absolute Gasteiger partial charge is 0.338 e. The Kier molecular flexibility index (Phi) is 8.14. The lowest BCUT2D eigenvalue weighted by molar-refractivity contribution is -0.132. The van der Waals surface area contributed by atoms with Gasteiger partial charge in [0.2, 0.25) is 0 Å². The number of benzene rings is 2. The van der Waals surface area contributed by atoms with Crippen LogP contribution < -0.4 is 9.64 Å². The molecule has 1 aliphatic rings. The minimum Gasteiger partial charge on any atom is -0.507 e. The first kappa shape index (κ1) is 27.6. The van der Waals surface area contributed by atoms with E-state index in [1.54, 1.807) is 74.8 Å². The zero-order valence-corrected chi connectivity index (χ0v) is 22.7. The van der Waals surface area contributed by atoms with Crippen molar-refractivity contribution in [2.24, 2.45) is 0 Å². The number of anilines is 1. The molecule has 0 aliphatic carbocycles. The molecule has 1 amide bonds. The molecule has 1 atom stereocenters. The number of aromatic nitrogens is 1. The molecule has 1 unspecified atom stereocenters. The Balaban J connectivity index is 1.88. The van der Waals surface area contributed by atoms with Crippen LogP contribution in [0.3, 0.4) is 0 Å². The molecular formula is C31H32N2O6. The largest absolute Gasteiger partial charge is 0.507 e. The van der Waals surface area contributed by atoms with Crippen LogP contribution in [0, 0.1) is 0 Å². The Morgan fingerprint density at radius 3 is 2.36 bits per heavy atom. The van der Waals surface area contributed by atoms with Gasteiger partial charge in [-0.2, -0.15) is 0 Å². The molecule has 0 radical (unpaired) electrons. The summed E-state index contributed by atoms with van der Waals surface area (Å²) >= 11 is 0. The van der Waals surface area contributed by atoms with Gasteiger partial charge in [-0.05, 0) is 86.3 Å². The van der Waals surface area contributed by atoms with E-state index < -0.39 is 23.7 Å². The van der Waals surface area contributed by atoms with E-state index in [1.165, 1.54) is 11.0 Å². The molecule has 1 saturated heterocycles. The molecule has 1 fully saturated rings. The van der Waals surface area contributed by atoms with E-state index in [4.69, 9.17) is 9.47 Å². The first-order chi connectivity index (χ1) is 18.6. The van der Waals surface area contributed by atoms with E-state index in [9.17, 15) is 19.5 Å². The minimum atomic E-state index is -0.946. The zero-order chi connectivity index (χ0) is 28.3. The molecule has 39 heavy (non-hydrogen) atoms. The molecule has 1 N–H and O–H groups in total. The number of carbonyl (C=O) groups excluding carboxylic acids is 3. The number of rotatable bonds is 8. The van der Waals surface area contributed by atoms with Crippen LogP contribution in [-0.4, -0.2) is 40.5 Å². The predicted molar refractivity (Wildman–Crippen MR) is 148 cm³/mol. The van der Waals surface area contributed by atoms with Gasteiger partial charge in [0.05, 0.1) is 29.9 Å². The van der Waals surface area contributed by atoms with Crippen LogP contribution in [0.1, 0.15) is 73.6 Å². The maximum Gasteiger partial charge on any atom is 0.338 e. The molecule has 1 aromatic heterocycles. The fraction of sp³-hybridized carbons (Fsp3) is 0.290. The maximum atomic E-state index is 13.5. The third-order valence-electron chi connectivity index (χ3n) is 6.37. The third-order valence-corrected chi connectivity index (χ3v) is 6.37. The van der Waals surface area contributed by atoms with Gasteiger partial charge in [-0.3, -0.25) is 19.5 Å². The van der Waals surface area contributed by atoms with Crippen LogP contribution in [0.25, 0.3) is 5.76 Å². The topological polar surface area (TPSA) is 106 Å². The number of hydrogen-bond donors (Lipinski definition) is 1. The second-order valence-corrected chi connectivity index (χ2v) is 9.79. The van der Waals surface area contributed by atoms with Crippen LogP contribution in [0.15, 0.2) is 72.6 Å². The average molecular weight is 529 g/mol. The molecule has 8 heteroatoms. The van der Waals surface area contributed by atoms with Crippen molar-refractivity contribution in [1.82, 2.24) is 4.98 Å². The predicted octanol–water partition coefficient (Wildman–Crippen LogP) is 5.80. The van der Waals surface area contributed by atoms with Gasteiger partial charge in [-0.25, -0.2) is 4.79 Å². The second-order valence-electron chi connectivity index (χ2n) is 9.79. The summed E-state index contributed by atoms with van der Waals surface area (Å²) in [5.41, 5.74) is 2.35. The van der Waals surface area contributed by atoms with E-state index in [0.717, 1.165) is 5.56 Å². The van der Waals surface area contributed by atoms with Gasteiger partial charge in [0.1, 0.15) is 11.5 Å². The number of aliphatic hydroxyl groups is 1. The highest BCUT2D eigenvalue weighted by atomic mass is 16.5. The Morgan fingerprint density at radius 2 is 1.72 bits per heavy atom. The summed E-state index contributed by atoms with van der Waals surface area (Å²) in [5, 5.41) is 11.5. The molecule has 0 spiro atoms. The number of aliphatic hydroxyl groups excluding tert-OH is 1. The Bertz CT molecular complexity index is 1430. The lowest BCUT2D eigenvalue weighted by Gasteiger charge is -2.25. The van der Waals surface area contributed by atoms with Gasteiger partial charge in [0.15, 0.2) is 0 Å². The van der Waals surface area contributed by atoms with E-state index >= 15 is 0 Å². The zero-order valence-electron chi connectivity index (χ0n) is 22.7. The molecular weight excluding hydrogens is 496 g/mol. The quantitative estimate of drug-likeness (QED) is 0.171. The summed E-state index contributed by atoms with van der Waals surface area (Å²) in [7, 11) is 0. The molecule has 202 valence electrons. The Hall–Kier alpha value is -4.46. The molecule has 3 aromatic rings. The van der Waals surface area contributed by atoms with Crippen molar-refractivity contribution in [2.45, 2.75) is 52.7 Å². The fourth-order valence-electron chi connectivity index (χ4n) is 4.61. The first-order valence-electron chi connectivity index (χ1n) is 12.9. The van der Waals surface area contributed by atoms with Crippen molar-refractivity contribution >= 4 is 29.1 Å². The van der Waals surface area contributed by atoms with Gasteiger partial charge in [0.25, 0.3) is 11.7 Å². The van der Waals surface area contributed by atoms with Crippen molar-refractivity contribution < 1.29 is 29.0 Å². The van der Waals surface area contributed by atoms with Gasteiger partial charge < -0.3 is 14.6 Å². The molecule has 4 rings (SSSR count). The molecule has 2 heterocycles. The molecule has 0 bridgehead atoms. The monoisotopic (exact) mass is 528 g/mol. The maximum absolute atomic E-state index is 13.5. The number of Topliss-reactive ketones (excluding diaryl/α,β-unsaturated/α-hetero) is 1. The van der Waals surface area contributed by atoms with Crippen LogP contribution in [0.2, 0.25) is 0 Å². The van der Waals surface area contributed by atoms with Gasteiger partial charge in [0, 0.05) is 23.6 Å². The molecule has 0 saturated carbocycles. The van der Waals surface area contributed by atoms with Crippen LogP contribution in [0.5, 0.6) is 5.75 Å². The van der Waals surface area contributed by atoms with Crippen LogP contribution in [0.4, 0.5) is 5.69 Å². The van der Waals surface area contributed by atoms with Crippen LogP contribution >= 0.6 is 0 Å². The molecule has 1 aliphatic heterocycles. The van der Waals surface area contributed by atoms with Crippen molar-refractivity contribution in [3.63, 3.8) is 0 Å². The SMILES string of the molecule is CCOc1ccc(/C(O)=C2/C(=O)C(=O)N(c3cccc(C(=O)OC(C)C)c3)C2c2ccncc2)cc1C(C)C. The van der Waals surface area contributed by atoms with Gasteiger partial charge in [-0.15, -0.1) is 0 Å². The van der Waals surface area contributed by atoms with Gasteiger partial charge in [-0.1, -0.05) is 19.9 Å². The highest BCUT2D eigenvalue weighted by molar-refractivity contribution is 6.51. The van der Waals surface area contributed by atoms with Crippen molar-refractivity contribution in [3.05, 3.63) is 94.8 Å². The van der Waals surface area contributed by atoms with E-state index in [2.05, 4.69) is 4.98 Å².